The smallest absolute Gasteiger partial charge is 0.271 e. The van der Waals surface area contributed by atoms with Crippen molar-refractivity contribution in [1.82, 2.24) is 10.3 Å². The van der Waals surface area contributed by atoms with Gasteiger partial charge in [0.25, 0.3) is 5.91 Å². The Morgan fingerprint density at radius 3 is 2.95 bits per heavy atom. The molecule has 2 rings (SSSR count). The molecule has 0 aliphatic rings. The maximum Gasteiger partial charge on any atom is 0.271 e. The van der Waals surface area contributed by atoms with E-state index in [4.69, 9.17) is 22.1 Å². The van der Waals surface area contributed by atoms with Gasteiger partial charge in [-0.05, 0) is 18.7 Å². The van der Waals surface area contributed by atoms with Gasteiger partial charge in [0.05, 0.1) is 12.1 Å². The minimum Gasteiger partial charge on any atom is -0.496 e. The third-order valence-electron chi connectivity index (χ3n) is 2.83. The van der Waals surface area contributed by atoms with Crippen molar-refractivity contribution in [2.75, 3.05) is 13.7 Å². The Hall–Kier alpha value is -1.34. The van der Waals surface area contributed by atoms with E-state index in [1.807, 2.05) is 6.07 Å². The topological polar surface area (TPSA) is 77.2 Å². The molecule has 3 N–H and O–H groups in total. The summed E-state index contributed by atoms with van der Waals surface area (Å²) < 4.78 is 5.24. The molecular formula is C14H17Cl2N3O2S. The van der Waals surface area contributed by atoms with Crippen LogP contribution in [0.25, 0.3) is 0 Å². The molecule has 0 unspecified atom stereocenters. The number of rotatable bonds is 6. The largest absolute Gasteiger partial charge is 0.496 e. The number of carbonyl (C=O) groups is 1. The summed E-state index contributed by atoms with van der Waals surface area (Å²) in [6.07, 6.45) is 0.683. The summed E-state index contributed by atoms with van der Waals surface area (Å²) in [5.41, 5.74) is 6.73. The van der Waals surface area contributed by atoms with E-state index in [9.17, 15) is 4.79 Å². The van der Waals surface area contributed by atoms with Crippen LogP contribution in [-0.4, -0.2) is 24.5 Å². The molecule has 1 aromatic carbocycles. The number of hydrogen-bond donors (Lipinski definition) is 2. The van der Waals surface area contributed by atoms with Gasteiger partial charge >= 0.3 is 0 Å². The molecule has 0 fully saturated rings. The molecule has 1 amide bonds. The van der Waals surface area contributed by atoms with Crippen LogP contribution in [0, 0.1) is 0 Å². The molecule has 1 aromatic heterocycles. The number of nitrogens with zero attached hydrogens (tertiary/aromatic N) is 1. The van der Waals surface area contributed by atoms with Gasteiger partial charge in [-0.25, -0.2) is 4.98 Å². The van der Waals surface area contributed by atoms with Gasteiger partial charge in [0.15, 0.2) is 0 Å². The average molecular weight is 362 g/mol. The van der Waals surface area contributed by atoms with Crippen LogP contribution < -0.4 is 15.8 Å². The number of methoxy groups -OCH3 is 1. The van der Waals surface area contributed by atoms with Gasteiger partial charge in [0.2, 0.25) is 0 Å². The fourth-order valence-corrected chi connectivity index (χ4v) is 2.74. The zero-order chi connectivity index (χ0) is 15.2. The van der Waals surface area contributed by atoms with Crippen molar-refractivity contribution < 1.29 is 9.53 Å². The molecule has 8 heteroatoms. The summed E-state index contributed by atoms with van der Waals surface area (Å²) >= 11 is 7.34. The van der Waals surface area contributed by atoms with Crippen LogP contribution in [0.2, 0.25) is 5.02 Å². The van der Waals surface area contributed by atoms with E-state index < -0.39 is 0 Å². The molecule has 0 aliphatic heterocycles. The standard InChI is InChI=1S/C14H16ClN3O2S.ClH/c1-20-12-6-10(15)3-2-9(12)7-17-14(19)11-8-21-13(18-11)4-5-16;/h2-3,6,8H,4-5,7,16H2,1H3,(H,17,19);1H. The zero-order valence-corrected chi connectivity index (χ0v) is 14.4. The number of carbonyl (C=O) groups excluding carboxylic acids is 1. The Labute approximate surface area is 144 Å². The molecule has 2 aromatic rings. The Bertz CT molecular complexity index is 634. The molecule has 22 heavy (non-hydrogen) atoms. The number of amides is 1. The first-order valence-electron chi connectivity index (χ1n) is 6.39. The maximum absolute atomic E-state index is 12.0. The van der Waals surface area contributed by atoms with Crippen molar-refractivity contribution in [3.63, 3.8) is 0 Å². The molecule has 0 atom stereocenters. The Morgan fingerprint density at radius 1 is 1.50 bits per heavy atom. The number of nitrogens with one attached hydrogen (secondary N) is 1. The van der Waals surface area contributed by atoms with Crippen LogP contribution >= 0.6 is 35.3 Å². The number of hydrogen-bond acceptors (Lipinski definition) is 5. The summed E-state index contributed by atoms with van der Waals surface area (Å²) in [7, 11) is 1.57. The number of ether oxygens (including phenoxy) is 1. The van der Waals surface area contributed by atoms with E-state index in [1.165, 1.54) is 11.3 Å². The third-order valence-corrected chi connectivity index (χ3v) is 3.97. The average Bonchev–Trinajstić information content (AvgIpc) is 2.94. The fraction of sp³-hybridized carbons (Fsp3) is 0.286. The van der Waals surface area contributed by atoms with Crippen molar-refractivity contribution in [3.05, 3.63) is 44.9 Å². The second kappa shape index (κ2) is 8.95. The number of thiazole rings is 1. The van der Waals surface area contributed by atoms with E-state index in [0.717, 1.165) is 10.6 Å². The molecule has 0 saturated heterocycles. The first-order chi connectivity index (χ1) is 10.1. The van der Waals surface area contributed by atoms with Gasteiger partial charge < -0.3 is 15.8 Å². The monoisotopic (exact) mass is 361 g/mol. The fourth-order valence-electron chi connectivity index (χ4n) is 1.78. The van der Waals surface area contributed by atoms with Gasteiger partial charge in [-0.15, -0.1) is 23.7 Å². The van der Waals surface area contributed by atoms with Gasteiger partial charge in [-0.1, -0.05) is 17.7 Å². The minimum atomic E-state index is -0.216. The molecular weight excluding hydrogens is 345 g/mol. The maximum atomic E-state index is 12.0. The second-order valence-electron chi connectivity index (χ2n) is 4.30. The van der Waals surface area contributed by atoms with E-state index in [0.29, 0.717) is 36.0 Å². The molecule has 120 valence electrons. The van der Waals surface area contributed by atoms with E-state index >= 15 is 0 Å². The lowest BCUT2D eigenvalue weighted by Crippen LogP contribution is -2.23. The third kappa shape index (κ3) is 4.84. The van der Waals surface area contributed by atoms with Crippen LogP contribution in [0.15, 0.2) is 23.6 Å². The molecule has 0 aliphatic carbocycles. The van der Waals surface area contributed by atoms with Gasteiger partial charge in [0.1, 0.15) is 11.4 Å². The van der Waals surface area contributed by atoms with Crippen LogP contribution in [-0.2, 0) is 13.0 Å². The summed E-state index contributed by atoms with van der Waals surface area (Å²) in [6, 6.07) is 5.29. The van der Waals surface area contributed by atoms with E-state index in [1.54, 1.807) is 24.6 Å². The lowest BCUT2D eigenvalue weighted by atomic mass is 10.2. The predicted octanol–water partition coefficient (Wildman–Crippen LogP) is 2.66. The van der Waals surface area contributed by atoms with Crippen LogP contribution in [0.1, 0.15) is 21.1 Å². The van der Waals surface area contributed by atoms with Gasteiger partial charge in [-0.2, -0.15) is 0 Å². The molecule has 0 radical (unpaired) electrons. The first kappa shape index (κ1) is 18.7. The predicted molar refractivity (Wildman–Crippen MR) is 91.3 cm³/mol. The lowest BCUT2D eigenvalue weighted by molar-refractivity contribution is 0.0946. The van der Waals surface area contributed by atoms with Crippen LogP contribution in [0.3, 0.4) is 0 Å². The summed E-state index contributed by atoms with van der Waals surface area (Å²) in [4.78, 5) is 16.3. The first-order valence-corrected chi connectivity index (χ1v) is 7.65. The Balaban J connectivity index is 0.00000242. The van der Waals surface area contributed by atoms with Gasteiger partial charge in [-0.3, -0.25) is 4.79 Å². The highest BCUT2D eigenvalue weighted by atomic mass is 35.5. The second-order valence-corrected chi connectivity index (χ2v) is 5.68. The molecule has 0 saturated carbocycles. The van der Waals surface area contributed by atoms with Crippen molar-refractivity contribution in [2.24, 2.45) is 5.73 Å². The Kier molecular flexibility index (Phi) is 7.61. The molecule has 1 heterocycles. The number of halogens is 2. The quantitative estimate of drug-likeness (QED) is 0.828. The number of benzene rings is 1. The van der Waals surface area contributed by atoms with Crippen LogP contribution in [0.4, 0.5) is 0 Å². The minimum absolute atomic E-state index is 0. The number of aromatic nitrogens is 1. The SMILES string of the molecule is COc1cc(Cl)ccc1CNC(=O)c1csc(CCN)n1.Cl. The summed E-state index contributed by atoms with van der Waals surface area (Å²) in [6.45, 7) is 0.874. The number of nitrogens with two attached hydrogens (primary N) is 1. The highest BCUT2D eigenvalue weighted by Gasteiger charge is 2.11. The summed E-state index contributed by atoms with van der Waals surface area (Å²) in [5.74, 6) is 0.427. The summed E-state index contributed by atoms with van der Waals surface area (Å²) in [5, 5.41) is 6.01. The molecule has 5 nitrogen and oxygen atoms in total. The van der Waals surface area contributed by atoms with E-state index in [2.05, 4.69) is 10.3 Å². The lowest BCUT2D eigenvalue weighted by Gasteiger charge is -2.09. The van der Waals surface area contributed by atoms with Crippen molar-refractivity contribution in [1.29, 1.82) is 0 Å². The zero-order valence-electron chi connectivity index (χ0n) is 12.0. The van der Waals surface area contributed by atoms with E-state index in [-0.39, 0.29) is 18.3 Å². The molecule has 0 bridgehead atoms. The Morgan fingerprint density at radius 2 is 2.27 bits per heavy atom. The van der Waals surface area contributed by atoms with Gasteiger partial charge in [0, 0.05) is 28.9 Å². The highest BCUT2D eigenvalue weighted by Crippen LogP contribution is 2.23. The molecule has 0 spiro atoms. The normalized spacial score (nSPS) is 9.95. The highest BCUT2D eigenvalue weighted by molar-refractivity contribution is 7.09. The van der Waals surface area contributed by atoms with Crippen molar-refractivity contribution in [3.8, 4) is 5.75 Å². The van der Waals surface area contributed by atoms with Crippen molar-refractivity contribution >= 4 is 41.3 Å². The van der Waals surface area contributed by atoms with Crippen LogP contribution in [0.5, 0.6) is 5.75 Å². The van der Waals surface area contributed by atoms with Crippen molar-refractivity contribution in [2.45, 2.75) is 13.0 Å².